The first-order valence-corrected chi connectivity index (χ1v) is 8.90. The molecule has 6 nitrogen and oxygen atoms in total. The van der Waals surface area contributed by atoms with Crippen LogP contribution in [0.1, 0.15) is 40.3 Å². The molecule has 0 spiro atoms. The molecule has 28 heavy (non-hydrogen) atoms. The molecule has 3 heterocycles. The van der Waals surface area contributed by atoms with Gasteiger partial charge >= 0.3 is 0 Å². The molecule has 0 saturated heterocycles. The molecule has 1 amide bonds. The third-order valence-corrected chi connectivity index (χ3v) is 4.79. The maximum atomic E-state index is 13.5. The van der Waals surface area contributed by atoms with E-state index in [1.807, 2.05) is 26.8 Å². The first-order chi connectivity index (χ1) is 13.4. The van der Waals surface area contributed by atoms with Gasteiger partial charge in [-0.3, -0.25) is 4.79 Å². The van der Waals surface area contributed by atoms with Gasteiger partial charge in [0.2, 0.25) is 0 Å². The Morgan fingerprint density at radius 2 is 2.11 bits per heavy atom. The number of aromatic nitrogens is 3. The lowest BCUT2D eigenvalue weighted by Crippen LogP contribution is -2.26. The van der Waals surface area contributed by atoms with Crippen LogP contribution < -0.4 is 5.32 Å². The zero-order valence-electron chi connectivity index (χ0n) is 15.7. The number of benzene rings is 1. The summed E-state index contributed by atoms with van der Waals surface area (Å²) in [7, 11) is 0. The summed E-state index contributed by atoms with van der Waals surface area (Å²) in [6.45, 7) is 5.52. The Labute approximate surface area is 160 Å². The van der Waals surface area contributed by atoms with E-state index in [0.717, 1.165) is 16.8 Å². The van der Waals surface area contributed by atoms with Crippen LogP contribution in [0.25, 0.3) is 22.2 Å². The van der Waals surface area contributed by atoms with Crippen LogP contribution in [0.5, 0.6) is 0 Å². The number of rotatable bonds is 4. The molecule has 0 radical (unpaired) electrons. The van der Waals surface area contributed by atoms with Gasteiger partial charge in [-0.05, 0) is 44.5 Å². The number of nitrogens with zero attached hydrogens (tertiary/aromatic N) is 2. The van der Waals surface area contributed by atoms with E-state index in [-0.39, 0.29) is 17.8 Å². The summed E-state index contributed by atoms with van der Waals surface area (Å²) in [5.74, 6) is 0.0969. The van der Waals surface area contributed by atoms with Crippen LogP contribution in [-0.2, 0) is 0 Å². The molecule has 0 aliphatic heterocycles. The molecule has 2 N–H and O–H groups in total. The van der Waals surface area contributed by atoms with Crippen molar-refractivity contribution in [3.63, 3.8) is 0 Å². The van der Waals surface area contributed by atoms with Crippen LogP contribution in [0, 0.1) is 19.7 Å². The van der Waals surface area contributed by atoms with Gasteiger partial charge in [0.15, 0.2) is 0 Å². The summed E-state index contributed by atoms with van der Waals surface area (Å²) in [4.78, 5) is 20.3. The monoisotopic (exact) mass is 378 g/mol. The highest BCUT2D eigenvalue weighted by atomic mass is 19.1. The first-order valence-electron chi connectivity index (χ1n) is 8.90. The fraction of sp³-hybridized carbons (Fsp3) is 0.190. The molecule has 1 atom stereocenters. The molecule has 0 unspecified atom stereocenters. The molecule has 3 aromatic heterocycles. The molecule has 4 aromatic rings. The normalized spacial score (nSPS) is 12.3. The number of aromatic amines is 1. The van der Waals surface area contributed by atoms with Gasteiger partial charge in [0.25, 0.3) is 5.91 Å². The van der Waals surface area contributed by atoms with Gasteiger partial charge in [-0.2, -0.15) is 0 Å². The van der Waals surface area contributed by atoms with Crippen LogP contribution in [0.4, 0.5) is 4.39 Å². The van der Waals surface area contributed by atoms with Crippen molar-refractivity contribution in [2.75, 3.05) is 0 Å². The predicted octanol–water partition coefficient (Wildman–Crippen LogP) is 4.46. The van der Waals surface area contributed by atoms with E-state index in [9.17, 15) is 9.18 Å². The number of carbonyl (C=O) groups excluding carboxylic acids is 1. The fourth-order valence-corrected chi connectivity index (χ4v) is 3.36. The second-order valence-corrected chi connectivity index (χ2v) is 6.77. The lowest BCUT2D eigenvalue weighted by Gasteiger charge is -2.14. The van der Waals surface area contributed by atoms with Crippen LogP contribution in [-0.4, -0.2) is 21.0 Å². The average Bonchev–Trinajstić information content (AvgIpc) is 3.24. The van der Waals surface area contributed by atoms with Gasteiger partial charge in [0, 0.05) is 28.9 Å². The number of aryl methyl sites for hydroxylation is 2. The van der Waals surface area contributed by atoms with E-state index < -0.39 is 0 Å². The van der Waals surface area contributed by atoms with E-state index in [1.165, 1.54) is 12.1 Å². The predicted molar refractivity (Wildman–Crippen MR) is 103 cm³/mol. The van der Waals surface area contributed by atoms with E-state index >= 15 is 0 Å². The van der Waals surface area contributed by atoms with Crippen molar-refractivity contribution in [2.45, 2.75) is 26.8 Å². The average molecular weight is 378 g/mol. The molecule has 142 valence electrons. The molecule has 0 aliphatic carbocycles. The summed E-state index contributed by atoms with van der Waals surface area (Å²) >= 11 is 0. The SMILES string of the molecule is Cc1noc(C)c1-c1cnc2[nH]cc(C(=O)N[C@@H](C)c3cccc(F)c3)c2c1. The van der Waals surface area contributed by atoms with Gasteiger partial charge in [0.05, 0.1) is 17.3 Å². The Hall–Kier alpha value is -3.48. The maximum Gasteiger partial charge on any atom is 0.253 e. The molecular weight excluding hydrogens is 359 g/mol. The van der Waals surface area contributed by atoms with Crippen molar-refractivity contribution in [1.29, 1.82) is 0 Å². The van der Waals surface area contributed by atoms with Gasteiger partial charge in [-0.25, -0.2) is 9.37 Å². The summed E-state index contributed by atoms with van der Waals surface area (Å²) < 4.78 is 18.7. The third kappa shape index (κ3) is 3.15. The highest BCUT2D eigenvalue weighted by Crippen LogP contribution is 2.29. The van der Waals surface area contributed by atoms with E-state index in [0.29, 0.717) is 27.9 Å². The second kappa shape index (κ2) is 6.92. The minimum absolute atomic E-state index is 0.263. The van der Waals surface area contributed by atoms with Crippen molar-refractivity contribution in [1.82, 2.24) is 20.4 Å². The largest absolute Gasteiger partial charge is 0.361 e. The standard InChI is InChI=1S/C21H19FN4O2/c1-11(14-5-4-6-16(22)7-14)25-21(27)18-10-24-20-17(18)8-15(9-23-20)19-12(2)26-28-13(19)3/h4-11H,1-3H3,(H,23,24)(H,25,27)/t11-/m0/s1. The molecule has 0 aliphatic rings. The van der Waals surface area contributed by atoms with Gasteiger partial charge in [0.1, 0.15) is 17.2 Å². The van der Waals surface area contributed by atoms with Crippen LogP contribution in [0.15, 0.2) is 47.2 Å². The Morgan fingerprint density at radius 1 is 1.29 bits per heavy atom. The number of carbonyl (C=O) groups is 1. The highest BCUT2D eigenvalue weighted by Gasteiger charge is 2.18. The third-order valence-electron chi connectivity index (χ3n) is 4.79. The van der Waals surface area contributed by atoms with E-state index in [2.05, 4.69) is 20.4 Å². The Morgan fingerprint density at radius 3 is 2.82 bits per heavy atom. The Bertz CT molecular complexity index is 1160. The summed E-state index contributed by atoms with van der Waals surface area (Å²) in [5, 5.41) is 7.58. The maximum absolute atomic E-state index is 13.5. The lowest BCUT2D eigenvalue weighted by atomic mass is 10.0. The number of fused-ring (bicyclic) bond motifs is 1. The quantitative estimate of drug-likeness (QED) is 0.549. The van der Waals surface area contributed by atoms with Crippen molar-refractivity contribution in [3.05, 3.63) is 71.1 Å². The number of pyridine rings is 1. The number of halogens is 1. The Kier molecular flexibility index (Phi) is 4.43. The van der Waals surface area contributed by atoms with E-state index in [1.54, 1.807) is 24.5 Å². The molecule has 0 bridgehead atoms. The van der Waals surface area contributed by atoms with Gasteiger partial charge < -0.3 is 14.8 Å². The molecule has 4 rings (SSSR count). The number of hydrogen-bond donors (Lipinski definition) is 2. The molecule has 0 saturated carbocycles. The van der Waals surface area contributed by atoms with Crippen molar-refractivity contribution in [3.8, 4) is 11.1 Å². The van der Waals surface area contributed by atoms with Crippen LogP contribution >= 0.6 is 0 Å². The summed E-state index contributed by atoms with van der Waals surface area (Å²) in [5.41, 5.74) is 4.24. The highest BCUT2D eigenvalue weighted by molar-refractivity contribution is 6.06. The molecular formula is C21H19FN4O2. The number of amides is 1. The smallest absolute Gasteiger partial charge is 0.253 e. The minimum atomic E-state index is -0.341. The fourth-order valence-electron chi connectivity index (χ4n) is 3.36. The number of hydrogen-bond acceptors (Lipinski definition) is 4. The summed E-state index contributed by atoms with van der Waals surface area (Å²) in [6.07, 6.45) is 3.35. The van der Waals surface area contributed by atoms with Crippen LogP contribution in [0.2, 0.25) is 0 Å². The molecule has 0 fully saturated rings. The van der Waals surface area contributed by atoms with E-state index in [4.69, 9.17) is 4.52 Å². The number of nitrogens with one attached hydrogen (secondary N) is 2. The second-order valence-electron chi connectivity index (χ2n) is 6.77. The van der Waals surface area contributed by atoms with Crippen LogP contribution in [0.3, 0.4) is 0 Å². The zero-order valence-corrected chi connectivity index (χ0v) is 15.7. The van der Waals surface area contributed by atoms with Crippen molar-refractivity contribution >= 4 is 16.9 Å². The lowest BCUT2D eigenvalue weighted by molar-refractivity contribution is 0.0941. The molecule has 1 aromatic carbocycles. The first kappa shape index (κ1) is 17.9. The van der Waals surface area contributed by atoms with Crippen molar-refractivity contribution < 1.29 is 13.7 Å². The molecule has 7 heteroatoms. The van der Waals surface area contributed by atoms with Gasteiger partial charge in [-0.1, -0.05) is 17.3 Å². The number of H-pyrrole nitrogens is 1. The summed E-state index contributed by atoms with van der Waals surface area (Å²) in [6, 6.07) is 7.75. The topological polar surface area (TPSA) is 83.8 Å². The van der Waals surface area contributed by atoms with Crippen molar-refractivity contribution in [2.24, 2.45) is 0 Å². The van der Waals surface area contributed by atoms with Gasteiger partial charge in [-0.15, -0.1) is 0 Å². The minimum Gasteiger partial charge on any atom is -0.361 e. The zero-order chi connectivity index (χ0) is 19.8. The Balaban J connectivity index is 1.67.